The van der Waals surface area contributed by atoms with Crippen molar-refractivity contribution in [3.8, 4) is 0 Å². The van der Waals surface area contributed by atoms with Gasteiger partial charge in [-0.15, -0.1) is 0 Å². The molecule has 1 amide bonds. The van der Waals surface area contributed by atoms with Crippen LogP contribution in [0.5, 0.6) is 0 Å². The van der Waals surface area contributed by atoms with E-state index >= 15 is 0 Å². The van der Waals surface area contributed by atoms with Gasteiger partial charge in [0.15, 0.2) is 0 Å². The minimum atomic E-state index is 0.0167. The molecule has 6 heteroatoms. The molecule has 0 saturated carbocycles. The molecule has 2 aliphatic rings. The summed E-state index contributed by atoms with van der Waals surface area (Å²) in [6.07, 6.45) is 11.6. The lowest BCUT2D eigenvalue weighted by Crippen LogP contribution is -2.39. The van der Waals surface area contributed by atoms with Gasteiger partial charge in [-0.3, -0.25) is 4.79 Å². The molecular formula is C22H30N4O2. The summed E-state index contributed by atoms with van der Waals surface area (Å²) in [4.78, 5) is 24.4. The van der Waals surface area contributed by atoms with Crippen molar-refractivity contribution in [2.24, 2.45) is 5.92 Å². The van der Waals surface area contributed by atoms with Gasteiger partial charge in [0.05, 0.1) is 6.26 Å². The molecule has 1 aliphatic heterocycles. The van der Waals surface area contributed by atoms with Gasteiger partial charge in [-0.1, -0.05) is 0 Å². The third kappa shape index (κ3) is 4.54. The molecule has 0 spiro atoms. The number of carbonyl (C=O) groups is 1. The molecule has 1 saturated heterocycles. The fraction of sp³-hybridized carbons (Fsp3) is 0.591. The fourth-order valence-corrected chi connectivity index (χ4v) is 4.21. The van der Waals surface area contributed by atoms with Gasteiger partial charge in [-0.2, -0.15) is 0 Å². The average Bonchev–Trinajstić information content (AvgIpc) is 3.26. The lowest BCUT2D eigenvalue weighted by molar-refractivity contribution is -0.126. The number of rotatable bonds is 6. The molecule has 0 radical (unpaired) electrons. The summed E-state index contributed by atoms with van der Waals surface area (Å²) in [5.41, 5.74) is 2.26. The maximum atomic E-state index is 12.7. The summed E-state index contributed by atoms with van der Waals surface area (Å²) in [5, 5.41) is 3.18. The van der Waals surface area contributed by atoms with E-state index in [4.69, 9.17) is 9.40 Å². The van der Waals surface area contributed by atoms with Crippen molar-refractivity contribution in [2.45, 2.75) is 64.3 Å². The second-order valence-corrected chi connectivity index (χ2v) is 8.16. The Morgan fingerprint density at radius 2 is 2.21 bits per heavy atom. The van der Waals surface area contributed by atoms with E-state index < -0.39 is 0 Å². The first-order valence-electron chi connectivity index (χ1n) is 10.6. The van der Waals surface area contributed by atoms with Gasteiger partial charge in [0.1, 0.15) is 5.76 Å². The van der Waals surface area contributed by atoms with E-state index in [9.17, 15) is 4.79 Å². The molecule has 28 heavy (non-hydrogen) atoms. The second kappa shape index (κ2) is 8.76. The topological polar surface area (TPSA) is 71.3 Å². The first kappa shape index (κ1) is 19.0. The summed E-state index contributed by atoms with van der Waals surface area (Å²) in [7, 11) is 0. The number of nitrogens with one attached hydrogen (secondary N) is 1. The predicted molar refractivity (Wildman–Crippen MR) is 108 cm³/mol. The zero-order valence-corrected chi connectivity index (χ0v) is 16.7. The summed E-state index contributed by atoms with van der Waals surface area (Å²) >= 11 is 0. The van der Waals surface area contributed by atoms with Gasteiger partial charge in [-0.25, -0.2) is 9.97 Å². The smallest absolute Gasteiger partial charge is 0.225 e. The van der Waals surface area contributed by atoms with Crippen LogP contribution >= 0.6 is 0 Å². The van der Waals surface area contributed by atoms with Crippen LogP contribution < -0.4 is 10.2 Å². The monoisotopic (exact) mass is 382 g/mol. The number of carbonyl (C=O) groups excluding carboxylic acids is 1. The second-order valence-electron chi connectivity index (χ2n) is 8.16. The Morgan fingerprint density at radius 3 is 3.00 bits per heavy atom. The van der Waals surface area contributed by atoms with E-state index in [2.05, 4.69) is 22.1 Å². The van der Waals surface area contributed by atoms with Crippen LogP contribution in [0.1, 0.15) is 56.0 Å². The number of aryl methyl sites for hydroxylation is 2. The molecule has 0 aromatic carbocycles. The molecule has 2 atom stereocenters. The molecule has 150 valence electrons. The van der Waals surface area contributed by atoms with Gasteiger partial charge in [0, 0.05) is 43.4 Å². The fourth-order valence-electron chi connectivity index (χ4n) is 4.21. The van der Waals surface area contributed by atoms with Gasteiger partial charge in [0.2, 0.25) is 11.9 Å². The van der Waals surface area contributed by atoms with E-state index in [0.717, 1.165) is 68.2 Å². The van der Waals surface area contributed by atoms with Crippen LogP contribution in [0.4, 0.5) is 5.95 Å². The number of aromatic nitrogens is 2. The highest BCUT2D eigenvalue weighted by Gasteiger charge is 2.27. The zero-order chi connectivity index (χ0) is 19.3. The number of fused-ring (bicyclic) bond motifs is 1. The van der Waals surface area contributed by atoms with Crippen molar-refractivity contribution in [1.82, 2.24) is 15.3 Å². The molecule has 0 bridgehead atoms. The van der Waals surface area contributed by atoms with Crippen LogP contribution in [0.3, 0.4) is 0 Å². The highest BCUT2D eigenvalue weighted by Crippen LogP contribution is 2.26. The maximum absolute atomic E-state index is 12.7. The third-order valence-corrected chi connectivity index (χ3v) is 5.94. The van der Waals surface area contributed by atoms with Crippen molar-refractivity contribution in [3.05, 3.63) is 41.6 Å². The molecule has 2 aromatic heterocycles. The normalized spacial score (nSPS) is 20.5. The first-order chi connectivity index (χ1) is 13.7. The van der Waals surface area contributed by atoms with Crippen molar-refractivity contribution < 1.29 is 9.21 Å². The molecule has 6 nitrogen and oxygen atoms in total. The Morgan fingerprint density at radius 1 is 1.36 bits per heavy atom. The number of hydrogen-bond donors (Lipinski definition) is 1. The Balaban J connectivity index is 1.31. The Kier molecular flexibility index (Phi) is 5.93. The Labute approximate surface area is 166 Å². The van der Waals surface area contributed by atoms with Crippen LogP contribution in [-0.4, -0.2) is 35.0 Å². The van der Waals surface area contributed by atoms with Crippen LogP contribution in [0.2, 0.25) is 0 Å². The lowest BCUT2D eigenvalue weighted by atomic mass is 9.86. The van der Waals surface area contributed by atoms with Gasteiger partial charge in [0.25, 0.3) is 0 Å². The van der Waals surface area contributed by atoms with Crippen molar-refractivity contribution in [2.75, 3.05) is 18.0 Å². The largest absolute Gasteiger partial charge is 0.469 e. The molecule has 1 aliphatic carbocycles. The highest BCUT2D eigenvalue weighted by atomic mass is 16.3. The standard InChI is InChI=1S/C22H30N4O2/c1-16(7-9-19-6-5-13-28-19)24-21(27)17-8-10-20-18(14-17)15-23-22(25-20)26-11-3-2-4-12-26/h5-6,13,15-17H,2-4,7-12,14H2,1H3,(H,24,27)/t16-,17+/m0/s1. The van der Waals surface area contributed by atoms with Gasteiger partial charge >= 0.3 is 0 Å². The van der Waals surface area contributed by atoms with Crippen LogP contribution in [-0.2, 0) is 24.1 Å². The SMILES string of the molecule is C[C@@H](CCc1ccco1)NC(=O)[C@@H]1CCc2nc(N3CCCCC3)ncc2C1. The van der Waals surface area contributed by atoms with E-state index in [0.29, 0.717) is 0 Å². The highest BCUT2D eigenvalue weighted by molar-refractivity contribution is 5.79. The molecule has 4 rings (SSSR count). The minimum Gasteiger partial charge on any atom is -0.469 e. The van der Waals surface area contributed by atoms with E-state index in [1.807, 2.05) is 18.3 Å². The number of hydrogen-bond acceptors (Lipinski definition) is 5. The summed E-state index contributed by atoms with van der Waals surface area (Å²) in [6, 6.07) is 4.01. The Hall–Kier alpha value is -2.37. The number of nitrogens with zero attached hydrogens (tertiary/aromatic N) is 3. The lowest BCUT2D eigenvalue weighted by Gasteiger charge is -2.29. The van der Waals surface area contributed by atoms with Crippen LogP contribution in [0, 0.1) is 5.92 Å². The number of amides is 1. The summed E-state index contributed by atoms with van der Waals surface area (Å²) in [5.74, 6) is 2.00. The van der Waals surface area contributed by atoms with Crippen molar-refractivity contribution >= 4 is 11.9 Å². The number of anilines is 1. The number of piperidine rings is 1. The zero-order valence-electron chi connectivity index (χ0n) is 16.7. The molecule has 1 fully saturated rings. The predicted octanol–water partition coefficient (Wildman–Crippen LogP) is 3.30. The van der Waals surface area contributed by atoms with Gasteiger partial charge < -0.3 is 14.6 Å². The molecule has 1 N–H and O–H groups in total. The summed E-state index contributed by atoms with van der Waals surface area (Å²) < 4.78 is 5.37. The average molecular weight is 383 g/mol. The molecule has 2 aromatic rings. The minimum absolute atomic E-state index is 0.0167. The molecule has 0 unspecified atom stereocenters. The van der Waals surface area contributed by atoms with Crippen LogP contribution in [0.25, 0.3) is 0 Å². The van der Waals surface area contributed by atoms with E-state index in [1.165, 1.54) is 19.3 Å². The molecule has 3 heterocycles. The summed E-state index contributed by atoms with van der Waals surface area (Å²) in [6.45, 7) is 4.17. The van der Waals surface area contributed by atoms with Crippen molar-refractivity contribution in [1.29, 1.82) is 0 Å². The maximum Gasteiger partial charge on any atom is 0.225 e. The Bertz CT molecular complexity index is 784. The first-order valence-corrected chi connectivity index (χ1v) is 10.6. The van der Waals surface area contributed by atoms with E-state index in [1.54, 1.807) is 6.26 Å². The van der Waals surface area contributed by atoms with Gasteiger partial charge in [-0.05, 0) is 69.6 Å². The third-order valence-electron chi connectivity index (χ3n) is 5.94. The van der Waals surface area contributed by atoms with Crippen LogP contribution in [0.15, 0.2) is 29.0 Å². The van der Waals surface area contributed by atoms with Crippen molar-refractivity contribution in [3.63, 3.8) is 0 Å². The quantitative estimate of drug-likeness (QED) is 0.830. The number of furan rings is 1. The van der Waals surface area contributed by atoms with E-state index in [-0.39, 0.29) is 17.9 Å². The molecular weight excluding hydrogens is 352 g/mol.